The van der Waals surface area contributed by atoms with Crippen molar-refractivity contribution in [3.63, 3.8) is 0 Å². The molecule has 0 spiro atoms. The van der Waals surface area contributed by atoms with Gasteiger partial charge in [-0.3, -0.25) is 0 Å². The molecular weight excluding hydrogens is 262 g/mol. The molecule has 2 heteroatoms. The molecule has 0 fully saturated rings. The molecule has 1 N–H and O–H groups in total. The number of hydrogen-bond acceptors (Lipinski definition) is 2. The second-order valence-corrected chi connectivity index (χ2v) is 6.65. The first-order valence-electron chi connectivity index (χ1n) is 7.50. The lowest BCUT2D eigenvalue weighted by atomic mass is 9.99. The van der Waals surface area contributed by atoms with Gasteiger partial charge in [0.25, 0.3) is 0 Å². The molecule has 0 amide bonds. The first-order valence-corrected chi connectivity index (χ1v) is 8.38. The third kappa shape index (κ3) is 3.71. The molecule has 20 heavy (non-hydrogen) atoms. The maximum absolute atomic E-state index is 3.64. The highest BCUT2D eigenvalue weighted by molar-refractivity contribution is 7.10. The van der Waals surface area contributed by atoms with E-state index in [1.54, 1.807) is 0 Å². The van der Waals surface area contributed by atoms with Crippen LogP contribution in [0, 0.1) is 0 Å². The lowest BCUT2D eigenvalue weighted by molar-refractivity contribution is 0.577. The summed E-state index contributed by atoms with van der Waals surface area (Å²) in [6, 6.07) is 11.6. The van der Waals surface area contributed by atoms with E-state index in [9.17, 15) is 0 Å². The van der Waals surface area contributed by atoms with Crippen molar-refractivity contribution in [3.8, 4) is 0 Å². The van der Waals surface area contributed by atoms with Gasteiger partial charge in [-0.1, -0.05) is 45.0 Å². The van der Waals surface area contributed by atoms with Crippen LogP contribution in [-0.2, 0) is 13.0 Å². The van der Waals surface area contributed by atoms with Gasteiger partial charge in [-0.2, -0.15) is 0 Å². The molecule has 2 aromatic rings. The minimum atomic E-state index is 0.392. The zero-order valence-electron chi connectivity index (χ0n) is 12.9. The van der Waals surface area contributed by atoms with Gasteiger partial charge in [-0.05, 0) is 47.4 Å². The van der Waals surface area contributed by atoms with Crippen molar-refractivity contribution in [1.82, 2.24) is 5.32 Å². The topological polar surface area (TPSA) is 12.0 Å². The minimum absolute atomic E-state index is 0.392. The van der Waals surface area contributed by atoms with Crippen molar-refractivity contribution >= 4 is 11.3 Å². The molecule has 0 aliphatic rings. The van der Waals surface area contributed by atoms with E-state index in [2.05, 4.69) is 68.7 Å². The van der Waals surface area contributed by atoms with E-state index in [1.165, 1.54) is 21.6 Å². The number of nitrogens with one attached hydrogen (secondary N) is 1. The predicted molar refractivity (Wildman–Crippen MR) is 89.5 cm³/mol. The van der Waals surface area contributed by atoms with Crippen LogP contribution < -0.4 is 5.32 Å². The van der Waals surface area contributed by atoms with Crippen molar-refractivity contribution in [2.75, 3.05) is 0 Å². The summed E-state index contributed by atoms with van der Waals surface area (Å²) in [5.74, 6) is 0.602. The fourth-order valence-electron chi connectivity index (χ4n) is 2.37. The Hall–Kier alpha value is -1.12. The highest BCUT2D eigenvalue weighted by Gasteiger charge is 2.08. The largest absolute Gasteiger partial charge is 0.305 e. The monoisotopic (exact) mass is 287 g/mol. The van der Waals surface area contributed by atoms with E-state index in [0.717, 1.165) is 13.0 Å². The van der Waals surface area contributed by atoms with Crippen LogP contribution in [0.2, 0.25) is 0 Å². The van der Waals surface area contributed by atoms with Crippen molar-refractivity contribution in [2.24, 2.45) is 0 Å². The van der Waals surface area contributed by atoms with Crippen molar-refractivity contribution in [1.29, 1.82) is 0 Å². The van der Waals surface area contributed by atoms with Gasteiger partial charge >= 0.3 is 0 Å². The van der Waals surface area contributed by atoms with Gasteiger partial charge in [0.2, 0.25) is 0 Å². The number of hydrogen-bond donors (Lipinski definition) is 1. The normalized spacial score (nSPS) is 12.8. The van der Waals surface area contributed by atoms with E-state index < -0.39 is 0 Å². The fraction of sp³-hybridized carbons (Fsp3) is 0.444. The molecule has 2 rings (SSSR count). The summed E-state index contributed by atoms with van der Waals surface area (Å²) < 4.78 is 0. The summed E-state index contributed by atoms with van der Waals surface area (Å²) in [6.07, 6.45) is 1.12. The van der Waals surface area contributed by atoms with E-state index in [1.807, 2.05) is 11.3 Å². The lowest BCUT2D eigenvalue weighted by Gasteiger charge is -2.15. The SMILES string of the molecule is CCc1ccsc1CNC(C)c1ccc(C(C)C)cc1. The lowest BCUT2D eigenvalue weighted by Crippen LogP contribution is -2.18. The average Bonchev–Trinajstić information content (AvgIpc) is 2.92. The van der Waals surface area contributed by atoms with Crippen LogP contribution in [0.3, 0.4) is 0 Å². The Balaban J connectivity index is 1.96. The van der Waals surface area contributed by atoms with E-state index in [0.29, 0.717) is 12.0 Å². The molecule has 1 atom stereocenters. The number of aryl methyl sites for hydroxylation is 1. The second-order valence-electron chi connectivity index (χ2n) is 5.65. The van der Waals surface area contributed by atoms with Gasteiger partial charge in [-0.15, -0.1) is 11.3 Å². The Morgan fingerprint density at radius 2 is 1.65 bits per heavy atom. The van der Waals surface area contributed by atoms with E-state index >= 15 is 0 Å². The molecule has 0 saturated heterocycles. The molecule has 1 unspecified atom stereocenters. The van der Waals surface area contributed by atoms with Crippen molar-refractivity contribution in [2.45, 2.75) is 52.6 Å². The molecule has 108 valence electrons. The summed E-state index contributed by atoms with van der Waals surface area (Å²) >= 11 is 1.86. The van der Waals surface area contributed by atoms with Crippen molar-refractivity contribution in [3.05, 3.63) is 57.3 Å². The Labute approximate surface area is 127 Å². The second kappa shape index (κ2) is 7.05. The fourth-order valence-corrected chi connectivity index (χ4v) is 3.30. The number of thiophene rings is 1. The van der Waals surface area contributed by atoms with E-state index in [4.69, 9.17) is 0 Å². The first-order chi connectivity index (χ1) is 9.61. The number of rotatable bonds is 6. The summed E-state index contributed by atoms with van der Waals surface area (Å²) in [5, 5.41) is 5.83. The summed E-state index contributed by atoms with van der Waals surface area (Å²) in [5.41, 5.74) is 4.25. The maximum Gasteiger partial charge on any atom is 0.0308 e. The third-order valence-electron chi connectivity index (χ3n) is 3.89. The molecule has 1 aromatic heterocycles. The summed E-state index contributed by atoms with van der Waals surface area (Å²) in [4.78, 5) is 1.47. The molecule has 0 aliphatic heterocycles. The van der Waals surface area contributed by atoms with Crippen LogP contribution in [0.15, 0.2) is 35.7 Å². The quantitative estimate of drug-likeness (QED) is 0.761. The Morgan fingerprint density at radius 3 is 2.25 bits per heavy atom. The molecule has 0 aliphatic carbocycles. The first kappa shape index (κ1) is 15.3. The van der Waals surface area contributed by atoms with Gasteiger partial charge in [0.15, 0.2) is 0 Å². The Morgan fingerprint density at radius 1 is 1.00 bits per heavy atom. The van der Waals surface area contributed by atoms with Crippen molar-refractivity contribution < 1.29 is 0 Å². The van der Waals surface area contributed by atoms with Crippen LogP contribution in [0.5, 0.6) is 0 Å². The van der Waals surface area contributed by atoms with Crippen LogP contribution >= 0.6 is 11.3 Å². The number of benzene rings is 1. The molecule has 0 radical (unpaired) electrons. The summed E-state index contributed by atoms with van der Waals surface area (Å²) in [6.45, 7) is 9.90. The highest BCUT2D eigenvalue weighted by atomic mass is 32.1. The average molecular weight is 287 g/mol. The van der Waals surface area contributed by atoms with E-state index in [-0.39, 0.29) is 0 Å². The van der Waals surface area contributed by atoms with Gasteiger partial charge in [0, 0.05) is 17.5 Å². The predicted octanol–water partition coefficient (Wildman–Crippen LogP) is 5.28. The molecule has 0 saturated carbocycles. The molecule has 0 bridgehead atoms. The van der Waals surface area contributed by atoms with Crippen LogP contribution in [0.4, 0.5) is 0 Å². The third-order valence-corrected chi connectivity index (χ3v) is 4.85. The van der Waals surface area contributed by atoms with Crippen LogP contribution in [-0.4, -0.2) is 0 Å². The molecule has 1 aromatic carbocycles. The molecular formula is C18H25NS. The van der Waals surface area contributed by atoms with Gasteiger partial charge in [0.1, 0.15) is 0 Å². The zero-order valence-corrected chi connectivity index (χ0v) is 13.8. The maximum atomic E-state index is 3.64. The molecule has 1 heterocycles. The summed E-state index contributed by atoms with van der Waals surface area (Å²) in [7, 11) is 0. The smallest absolute Gasteiger partial charge is 0.0308 e. The highest BCUT2D eigenvalue weighted by Crippen LogP contribution is 2.21. The standard InChI is InChI=1S/C18H25NS/c1-5-15-10-11-20-18(15)12-19-14(4)17-8-6-16(7-9-17)13(2)3/h6-11,13-14,19H,5,12H2,1-4H3. The van der Waals surface area contributed by atoms with Gasteiger partial charge < -0.3 is 5.32 Å². The van der Waals surface area contributed by atoms with Crippen LogP contribution in [0.25, 0.3) is 0 Å². The Bertz CT molecular complexity index is 525. The Kier molecular flexibility index (Phi) is 5.38. The minimum Gasteiger partial charge on any atom is -0.305 e. The van der Waals surface area contributed by atoms with Gasteiger partial charge in [0.05, 0.1) is 0 Å². The van der Waals surface area contributed by atoms with Crippen LogP contribution in [0.1, 0.15) is 61.2 Å². The molecule has 1 nitrogen and oxygen atoms in total. The van der Waals surface area contributed by atoms with Gasteiger partial charge in [-0.25, -0.2) is 0 Å². The zero-order chi connectivity index (χ0) is 14.5.